The van der Waals surface area contributed by atoms with E-state index >= 15 is 0 Å². The van der Waals surface area contributed by atoms with Crippen molar-refractivity contribution in [2.75, 3.05) is 32.8 Å². The van der Waals surface area contributed by atoms with E-state index in [1.807, 2.05) is 57.2 Å². The summed E-state index contributed by atoms with van der Waals surface area (Å²) >= 11 is 0. The quantitative estimate of drug-likeness (QED) is 0.731. The lowest BCUT2D eigenvalue weighted by atomic mass is 9.90. The van der Waals surface area contributed by atoms with Crippen molar-refractivity contribution in [1.82, 2.24) is 0 Å². The molecular weight excluding hydrogens is 386 g/mol. The van der Waals surface area contributed by atoms with Crippen LogP contribution in [0.4, 0.5) is 5.69 Å². The van der Waals surface area contributed by atoms with E-state index in [1.54, 1.807) is 20.3 Å². The van der Waals surface area contributed by atoms with Gasteiger partial charge in [0.1, 0.15) is 5.75 Å². The molecule has 3 rings (SSSR count). The zero-order valence-corrected chi connectivity index (χ0v) is 18.1. The van der Waals surface area contributed by atoms with Gasteiger partial charge in [-0.1, -0.05) is 6.07 Å². The van der Waals surface area contributed by atoms with E-state index in [0.717, 1.165) is 11.3 Å². The van der Waals surface area contributed by atoms with Gasteiger partial charge in [0.05, 0.1) is 39.0 Å². The van der Waals surface area contributed by atoms with Crippen LogP contribution in [0, 0.1) is 5.41 Å². The molecule has 1 N–H and O–H groups in total. The van der Waals surface area contributed by atoms with Crippen molar-refractivity contribution in [3.05, 3.63) is 48.0 Å². The monoisotopic (exact) mass is 415 g/mol. The Labute approximate surface area is 177 Å². The number of anilines is 1. The molecule has 0 bridgehead atoms. The topological polar surface area (TPSA) is 75.3 Å². The molecule has 2 aromatic carbocycles. The third kappa shape index (κ3) is 5.04. The summed E-state index contributed by atoms with van der Waals surface area (Å²) < 4.78 is 28.0. The number of nitrogens with one attached hydrogen (secondary N) is 1. The number of methoxy groups -OCH3 is 2. The molecule has 7 nitrogen and oxygen atoms in total. The minimum absolute atomic E-state index is 0.0968. The number of ether oxygens (including phenoxy) is 5. The minimum atomic E-state index is -0.805. The van der Waals surface area contributed by atoms with E-state index in [2.05, 4.69) is 5.32 Å². The first-order chi connectivity index (χ1) is 14.3. The highest BCUT2D eigenvalue weighted by Crippen LogP contribution is 2.36. The summed E-state index contributed by atoms with van der Waals surface area (Å²) in [4.78, 5) is 12.8. The Kier molecular flexibility index (Phi) is 6.84. The molecule has 1 amide bonds. The molecule has 1 heterocycles. The number of benzene rings is 2. The van der Waals surface area contributed by atoms with Gasteiger partial charge < -0.3 is 29.0 Å². The molecule has 0 radical (unpaired) electrons. The van der Waals surface area contributed by atoms with Gasteiger partial charge in [0.25, 0.3) is 0 Å². The van der Waals surface area contributed by atoms with E-state index in [1.165, 1.54) is 0 Å². The van der Waals surface area contributed by atoms with Crippen LogP contribution in [0.2, 0.25) is 0 Å². The smallest absolute Gasteiger partial charge is 0.234 e. The van der Waals surface area contributed by atoms with Crippen LogP contribution < -0.4 is 19.5 Å². The summed E-state index contributed by atoms with van der Waals surface area (Å²) in [6.07, 6.45) is -0.474. The van der Waals surface area contributed by atoms with Gasteiger partial charge in [-0.2, -0.15) is 0 Å². The van der Waals surface area contributed by atoms with Gasteiger partial charge in [-0.3, -0.25) is 4.79 Å². The molecule has 1 fully saturated rings. The Balaban J connectivity index is 1.60. The third-order valence-corrected chi connectivity index (χ3v) is 4.82. The minimum Gasteiger partial charge on any atom is -0.493 e. The van der Waals surface area contributed by atoms with Crippen molar-refractivity contribution in [3.8, 4) is 17.2 Å². The standard InChI is InChI=1S/C23H29NO6/c1-15(2)30-18-9-7-17(8-10-18)24-22(25)23(3)13-28-21(29-14-23)16-6-11-19(26-4)20(12-16)27-5/h6-12,15,21H,13-14H2,1-5H3,(H,24,25). The molecule has 0 aliphatic carbocycles. The molecule has 2 aromatic rings. The molecule has 0 aromatic heterocycles. The molecule has 1 saturated heterocycles. The summed E-state index contributed by atoms with van der Waals surface area (Å²) in [6.45, 7) is 6.21. The fourth-order valence-electron chi connectivity index (χ4n) is 3.10. The van der Waals surface area contributed by atoms with Gasteiger partial charge >= 0.3 is 0 Å². The van der Waals surface area contributed by atoms with Crippen LogP contribution in [0.5, 0.6) is 17.2 Å². The summed E-state index contributed by atoms with van der Waals surface area (Å²) in [5, 5.41) is 2.93. The van der Waals surface area contributed by atoms with Crippen LogP contribution in [0.15, 0.2) is 42.5 Å². The SMILES string of the molecule is COc1ccc(C2OCC(C)(C(=O)Nc3ccc(OC(C)C)cc3)CO2)cc1OC. The molecule has 0 unspecified atom stereocenters. The molecule has 162 valence electrons. The lowest BCUT2D eigenvalue weighted by Crippen LogP contribution is -2.45. The molecule has 0 atom stereocenters. The zero-order chi connectivity index (χ0) is 21.7. The van der Waals surface area contributed by atoms with Crippen LogP contribution in [-0.4, -0.2) is 39.4 Å². The Morgan fingerprint density at radius 1 is 1.03 bits per heavy atom. The summed E-state index contributed by atoms with van der Waals surface area (Å²) in [6, 6.07) is 12.8. The maximum absolute atomic E-state index is 12.8. The normalized spacial score (nSPS) is 21.2. The predicted molar refractivity (Wildman–Crippen MR) is 113 cm³/mol. The van der Waals surface area contributed by atoms with E-state index in [-0.39, 0.29) is 25.2 Å². The number of hydrogen-bond acceptors (Lipinski definition) is 6. The van der Waals surface area contributed by atoms with Crippen LogP contribution in [0.3, 0.4) is 0 Å². The summed E-state index contributed by atoms with van der Waals surface area (Å²) in [5.41, 5.74) is 0.690. The van der Waals surface area contributed by atoms with Gasteiger partial charge in [-0.05, 0) is 57.2 Å². The van der Waals surface area contributed by atoms with Crippen LogP contribution in [0.25, 0.3) is 0 Å². The number of carbonyl (C=O) groups is 1. The highest BCUT2D eigenvalue weighted by Gasteiger charge is 2.40. The van der Waals surface area contributed by atoms with Crippen molar-refractivity contribution in [2.45, 2.75) is 33.2 Å². The van der Waals surface area contributed by atoms with Crippen molar-refractivity contribution < 1.29 is 28.5 Å². The van der Waals surface area contributed by atoms with E-state index < -0.39 is 11.7 Å². The van der Waals surface area contributed by atoms with E-state index in [9.17, 15) is 4.79 Å². The Morgan fingerprint density at radius 3 is 2.23 bits per heavy atom. The Hall–Kier alpha value is -2.77. The van der Waals surface area contributed by atoms with Crippen molar-refractivity contribution in [1.29, 1.82) is 0 Å². The predicted octanol–water partition coefficient (Wildman–Crippen LogP) is 4.18. The largest absolute Gasteiger partial charge is 0.493 e. The van der Waals surface area contributed by atoms with Crippen LogP contribution >= 0.6 is 0 Å². The fraction of sp³-hybridized carbons (Fsp3) is 0.435. The first kappa shape index (κ1) is 21.9. The van der Waals surface area contributed by atoms with E-state index in [0.29, 0.717) is 17.2 Å². The zero-order valence-electron chi connectivity index (χ0n) is 18.1. The van der Waals surface area contributed by atoms with Gasteiger partial charge in [0.2, 0.25) is 5.91 Å². The van der Waals surface area contributed by atoms with Gasteiger partial charge in [0.15, 0.2) is 17.8 Å². The molecule has 30 heavy (non-hydrogen) atoms. The highest BCUT2D eigenvalue weighted by atomic mass is 16.7. The average Bonchev–Trinajstić information content (AvgIpc) is 2.74. The molecular formula is C23H29NO6. The Bertz CT molecular complexity index is 856. The summed E-state index contributed by atoms with van der Waals surface area (Å²) in [5.74, 6) is 1.83. The fourth-order valence-corrected chi connectivity index (χ4v) is 3.10. The van der Waals surface area contributed by atoms with Crippen LogP contribution in [0.1, 0.15) is 32.6 Å². The highest BCUT2D eigenvalue weighted by molar-refractivity contribution is 5.95. The van der Waals surface area contributed by atoms with Gasteiger partial charge in [-0.15, -0.1) is 0 Å². The van der Waals surface area contributed by atoms with E-state index in [4.69, 9.17) is 23.7 Å². The molecule has 1 aliphatic heterocycles. The third-order valence-electron chi connectivity index (χ3n) is 4.82. The second-order valence-electron chi connectivity index (χ2n) is 7.77. The van der Waals surface area contributed by atoms with Crippen molar-refractivity contribution >= 4 is 11.6 Å². The summed E-state index contributed by atoms with van der Waals surface area (Å²) in [7, 11) is 3.16. The first-order valence-corrected chi connectivity index (χ1v) is 9.88. The second-order valence-corrected chi connectivity index (χ2v) is 7.77. The van der Waals surface area contributed by atoms with Crippen LogP contribution in [-0.2, 0) is 14.3 Å². The number of amides is 1. The number of hydrogen-bond donors (Lipinski definition) is 1. The number of rotatable bonds is 7. The van der Waals surface area contributed by atoms with Gasteiger partial charge in [-0.25, -0.2) is 0 Å². The van der Waals surface area contributed by atoms with Gasteiger partial charge in [0, 0.05) is 11.3 Å². The second kappa shape index (κ2) is 9.36. The maximum atomic E-state index is 12.8. The lowest BCUT2D eigenvalue weighted by molar-refractivity contribution is -0.226. The molecule has 0 spiro atoms. The average molecular weight is 415 g/mol. The van der Waals surface area contributed by atoms with Crippen molar-refractivity contribution in [2.24, 2.45) is 5.41 Å². The Morgan fingerprint density at radius 2 is 1.67 bits per heavy atom. The molecule has 7 heteroatoms. The van der Waals surface area contributed by atoms with Crippen molar-refractivity contribution in [3.63, 3.8) is 0 Å². The first-order valence-electron chi connectivity index (χ1n) is 9.88. The molecule has 1 aliphatic rings. The maximum Gasteiger partial charge on any atom is 0.234 e. The number of carbonyl (C=O) groups excluding carboxylic acids is 1. The molecule has 0 saturated carbocycles. The lowest BCUT2D eigenvalue weighted by Gasteiger charge is -2.36.